The summed E-state index contributed by atoms with van der Waals surface area (Å²) < 4.78 is 0. The zero-order valence-corrected chi connectivity index (χ0v) is 10.8. The lowest BCUT2D eigenvalue weighted by atomic mass is 10.1. The van der Waals surface area contributed by atoms with Gasteiger partial charge in [0.1, 0.15) is 5.01 Å². The summed E-state index contributed by atoms with van der Waals surface area (Å²) in [5, 5.41) is 9.82. The number of aryl methyl sites for hydroxylation is 1. The Morgan fingerprint density at radius 1 is 1.44 bits per heavy atom. The molecule has 1 saturated carbocycles. The van der Waals surface area contributed by atoms with Crippen LogP contribution in [0.4, 0.5) is 0 Å². The molecule has 0 unspecified atom stereocenters. The van der Waals surface area contributed by atoms with E-state index in [2.05, 4.69) is 17.1 Å². The molecule has 1 aromatic heterocycles. The fourth-order valence-corrected chi connectivity index (χ4v) is 2.96. The molecule has 0 radical (unpaired) electrons. The topological polar surface area (TPSA) is 50.2 Å². The molecular weight excluding hydrogens is 246 g/mol. The first-order valence-corrected chi connectivity index (χ1v) is 6.78. The van der Waals surface area contributed by atoms with E-state index in [1.165, 1.54) is 29.7 Å². The van der Waals surface area contributed by atoms with Gasteiger partial charge in [0.2, 0.25) is 0 Å². The molecule has 18 heavy (non-hydrogen) atoms. The van der Waals surface area contributed by atoms with Crippen molar-refractivity contribution in [2.24, 2.45) is 0 Å². The van der Waals surface area contributed by atoms with Gasteiger partial charge in [0.15, 0.2) is 5.69 Å². The van der Waals surface area contributed by atoms with Gasteiger partial charge < -0.3 is 5.11 Å². The smallest absolute Gasteiger partial charge is 0.355 e. The van der Waals surface area contributed by atoms with Crippen LogP contribution in [0.2, 0.25) is 0 Å². The van der Waals surface area contributed by atoms with Crippen molar-refractivity contribution in [3.8, 4) is 10.6 Å². The summed E-state index contributed by atoms with van der Waals surface area (Å²) in [6.45, 7) is 1.80. The van der Waals surface area contributed by atoms with Crippen LogP contribution in [0.15, 0.2) is 24.3 Å². The lowest BCUT2D eigenvalue weighted by Gasteiger charge is -2.00. The van der Waals surface area contributed by atoms with Crippen molar-refractivity contribution >= 4 is 17.3 Å². The highest BCUT2D eigenvalue weighted by Crippen LogP contribution is 2.41. The van der Waals surface area contributed by atoms with Gasteiger partial charge in [-0.2, -0.15) is 0 Å². The quantitative estimate of drug-likeness (QED) is 0.914. The van der Waals surface area contributed by atoms with Gasteiger partial charge >= 0.3 is 5.97 Å². The molecule has 1 aromatic carbocycles. The van der Waals surface area contributed by atoms with Gasteiger partial charge in [0.05, 0.1) is 0 Å². The Bertz CT molecular complexity index is 614. The first-order chi connectivity index (χ1) is 8.65. The van der Waals surface area contributed by atoms with E-state index in [1.54, 1.807) is 6.92 Å². The Hall–Kier alpha value is -1.68. The van der Waals surface area contributed by atoms with Crippen LogP contribution < -0.4 is 0 Å². The molecule has 3 nitrogen and oxygen atoms in total. The second-order valence-electron chi connectivity index (χ2n) is 4.63. The lowest BCUT2D eigenvalue weighted by Crippen LogP contribution is -1.98. The molecule has 0 spiro atoms. The second kappa shape index (κ2) is 4.21. The summed E-state index contributed by atoms with van der Waals surface area (Å²) >= 11 is 1.44. The van der Waals surface area contributed by atoms with Crippen molar-refractivity contribution in [1.29, 1.82) is 0 Å². The first kappa shape index (κ1) is 11.4. The van der Waals surface area contributed by atoms with E-state index in [1.807, 2.05) is 12.1 Å². The van der Waals surface area contributed by atoms with Gasteiger partial charge in [-0.3, -0.25) is 0 Å². The molecule has 1 fully saturated rings. The second-order valence-corrected chi connectivity index (χ2v) is 5.83. The number of rotatable bonds is 3. The van der Waals surface area contributed by atoms with E-state index in [0.29, 0.717) is 5.92 Å². The van der Waals surface area contributed by atoms with E-state index in [4.69, 9.17) is 5.11 Å². The van der Waals surface area contributed by atoms with Crippen molar-refractivity contribution in [3.05, 3.63) is 40.4 Å². The minimum atomic E-state index is -0.951. The monoisotopic (exact) mass is 259 g/mol. The number of carboxylic acids is 1. The average Bonchev–Trinajstić information content (AvgIpc) is 3.12. The molecule has 1 aliphatic carbocycles. The highest BCUT2D eigenvalue weighted by Gasteiger charge is 2.24. The van der Waals surface area contributed by atoms with Gasteiger partial charge in [-0.15, -0.1) is 11.3 Å². The molecule has 0 atom stereocenters. The SMILES string of the molecule is Cc1sc(-c2cccc(C3CC3)c2)nc1C(=O)O. The Morgan fingerprint density at radius 3 is 2.83 bits per heavy atom. The summed E-state index contributed by atoms with van der Waals surface area (Å²) in [6.07, 6.45) is 2.53. The minimum absolute atomic E-state index is 0.173. The predicted octanol–water partition coefficient (Wildman–Crippen LogP) is 3.69. The van der Waals surface area contributed by atoms with E-state index in [9.17, 15) is 4.79 Å². The summed E-state index contributed by atoms with van der Waals surface area (Å²) in [6, 6.07) is 8.30. The Labute approximate surface area is 109 Å². The highest BCUT2D eigenvalue weighted by molar-refractivity contribution is 7.15. The number of hydrogen-bond acceptors (Lipinski definition) is 3. The zero-order valence-electron chi connectivity index (χ0n) is 10.0. The Morgan fingerprint density at radius 2 is 2.22 bits per heavy atom. The maximum absolute atomic E-state index is 11.0. The van der Waals surface area contributed by atoms with E-state index in [-0.39, 0.29) is 5.69 Å². The van der Waals surface area contributed by atoms with Gasteiger partial charge in [0.25, 0.3) is 0 Å². The number of thiazole rings is 1. The molecule has 92 valence electrons. The van der Waals surface area contributed by atoms with E-state index >= 15 is 0 Å². The summed E-state index contributed by atoms with van der Waals surface area (Å²) in [7, 11) is 0. The minimum Gasteiger partial charge on any atom is -0.476 e. The van der Waals surface area contributed by atoms with Gasteiger partial charge in [0, 0.05) is 10.4 Å². The predicted molar refractivity (Wildman–Crippen MR) is 71.2 cm³/mol. The summed E-state index contributed by atoms with van der Waals surface area (Å²) in [4.78, 5) is 16.0. The largest absolute Gasteiger partial charge is 0.476 e. The summed E-state index contributed by atoms with van der Waals surface area (Å²) in [5.74, 6) is -0.252. The molecule has 3 rings (SSSR count). The number of carbonyl (C=O) groups is 1. The molecule has 1 N–H and O–H groups in total. The molecule has 4 heteroatoms. The molecule has 0 bridgehead atoms. The number of aromatic nitrogens is 1. The maximum Gasteiger partial charge on any atom is 0.355 e. The van der Waals surface area contributed by atoms with Gasteiger partial charge in [-0.05, 0) is 37.3 Å². The van der Waals surface area contributed by atoms with Crippen molar-refractivity contribution in [1.82, 2.24) is 4.98 Å². The first-order valence-electron chi connectivity index (χ1n) is 5.96. The number of hydrogen-bond donors (Lipinski definition) is 1. The van der Waals surface area contributed by atoms with Gasteiger partial charge in [-0.25, -0.2) is 9.78 Å². The molecular formula is C14H13NO2S. The maximum atomic E-state index is 11.0. The zero-order chi connectivity index (χ0) is 12.7. The summed E-state index contributed by atoms with van der Waals surface area (Å²) in [5.41, 5.74) is 2.55. The number of nitrogens with zero attached hydrogens (tertiary/aromatic N) is 1. The van der Waals surface area contributed by atoms with Crippen LogP contribution in [-0.4, -0.2) is 16.1 Å². The van der Waals surface area contributed by atoms with Crippen molar-refractivity contribution in [2.75, 3.05) is 0 Å². The molecule has 0 aliphatic heterocycles. The van der Waals surface area contributed by atoms with E-state index in [0.717, 1.165) is 15.4 Å². The van der Waals surface area contributed by atoms with Crippen LogP contribution in [0.5, 0.6) is 0 Å². The Balaban J connectivity index is 2.01. The van der Waals surface area contributed by atoms with Crippen LogP contribution in [-0.2, 0) is 0 Å². The normalized spacial score (nSPS) is 14.7. The third kappa shape index (κ3) is 2.04. The number of aromatic carboxylic acids is 1. The third-order valence-corrected chi connectivity index (χ3v) is 4.20. The van der Waals surface area contributed by atoms with Crippen LogP contribution in [0.25, 0.3) is 10.6 Å². The van der Waals surface area contributed by atoms with E-state index < -0.39 is 5.97 Å². The molecule has 0 saturated heterocycles. The third-order valence-electron chi connectivity index (χ3n) is 3.18. The van der Waals surface area contributed by atoms with Crippen LogP contribution in [0.3, 0.4) is 0 Å². The number of benzene rings is 1. The van der Waals surface area contributed by atoms with Crippen LogP contribution >= 0.6 is 11.3 Å². The average molecular weight is 259 g/mol. The van der Waals surface area contributed by atoms with Crippen LogP contribution in [0.1, 0.15) is 39.7 Å². The fraction of sp³-hybridized carbons (Fsp3) is 0.286. The molecule has 0 amide bonds. The molecule has 2 aromatic rings. The fourth-order valence-electron chi connectivity index (χ4n) is 2.06. The number of carboxylic acid groups (broad SMARTS) is 1. The van der Waals surface area contributed by atoms with Crippen molar-refractivity contribution in [2.45, 2.75) is 25.7 Å². The Kier molecular flexibility index (Phi) is 2.67. The lowest BCUT2D eigenvalue weighted by molar-refractivity contribution is 0.0690. The van der Waals surface area contributed by atoms with Crippen LogP contribution in [0, 0.1) is 6.92 Å². The highest BCUT2D eigenvalue weighted by atomic mass is 32.1. The van der Waals surface area contributed by atoms with Crippen molar-refractivity contribution in [3.63, 3.8) is 0 Å². The standard InChI is InChI=1S/C14H13NO2S/c1-8-12(14(16)17)15-13(18-8)11-4-2-3-10(7-11)9-5-6-9/h2-4,7,9H,5-6H2,1H3,(H,16,17). The van der Waals surface area contributed by atoms with Crippen molar-refractivity contribution < 1.29 is 9.90 Å². The molecule has 1 aliphatic rings. The van der Waals surface area contributed by atoms with Gasteiger partial charge in [-0.1, -0.05) is 18.2 Å². The molecule has 1 heterocycles.